The fraction of sp³-hybridized carbons (Fsp3) is 0.632. The highest BCUT2D eigenvalue weighted by molar-refractivity contribution is 5.46. The monoisotopic (exact) mass is 315 g/mol. The first-order valence-electron chi connectivity index (χ1n) is 8.78. The van der Waals surface area contributed by atoms with Gasteiger partial charge in [0, 0.05) is 17.7 Å². The van der Waals surface area contributed by atoms with Crippen molar-refractivity contribution >= 4 is 5.69 Å². The summed E-state index contributed by atoms with van der Waals surface area (Å²) in [6.07, 6.45) is 13.2. The third-order valence-corrected chi connectivity index (χ3v) is 4.13. The fourth-order valence-corrected chi connectivity index (χ4v) is 2.75. The van der Waals surface area contributed by atoms with Crippen LogP contribution in [0.1, 0.15) is 82.3 Å². The quantitative estimate of drug-likeness (QED) is 0.281. The van der Waals surface area contributed by atoms with E-state index in [-0.39, 0.29) is 11.3 Å². The highest BCUT2D eigenvalue weighted by atomic mass is 16.6. The van der Waals surface area contributed by atoms with E-state index in [1.54, 1.807) is 6.07 Å². The maximum absolute atomic E-state index is 11.1. The number of nitro groups is 1. The number of benzene rings is 1. The lowest BCUT2D eigenvalue weighted by molar-refractivity contribution is -0.385. The zero-order chi connectivity index (χ0) is 16.9. The van der Waals surface area contributed by atoms with Gasteiger partial charge in [0.05, 0.1) is 10.5 Å². The normalized spacial score (nSPS) is 10.4. The summed E-state index contributed by atoms with van der Waals surface area (Å²) in [5.41, 5.74) is 0.966. The van der Waals surface area contributed by atoms with Gasteiger partial charge in [-0.3, -0.25) is 10.1 Å². The standard InChI is InChI=1S/C19H27N2O2/c1-2-3-4-5-6-7-8-9-10-11-12-18-14-13-17(16-20)15-19(18)21(22)23/h14-15H,2-12H2,1H3. The maximum atomic E-state index is 11.1. The molecule has 0 spiro atoms. The van der Waals surface area contributed by atoms with E-state index in [1.165, 1.54) is 57.4 Å². The minimum atomic E-state index is -0.402. The van der Waals surface area contributed by atoms with E-state index in [0.717, 1.165) is 12.8 Å². The van der Waals surface area contributed by atoms with Gasteiger partial charge in [0.25, 0.3) is 5.69 Å². The number of hydrogen-bond acceptors (Lipinski definition) is 3. The van der Waals surface area contributed by atoms with E-state index in [2.05, 4.69) is 13.0 Å². The maximum Gasteiger partial charge on any atom is 0.273 e. The Labute approximate surface area is 139 Å². The molecule has 0 fully saturated rings. The lowest BCUT2D eigenvalue weighted by Crippen LogP contribution is -1.97. The van der Waals surface area contributed by atoms with Gasteiger partial charge in [-0.05, 0) is 18.9 Å². The molecule has 1 aromatic carbocycles. The van der Waals surface area contributed by atoms with Gasteiger partial charge in [0.2, 0.25) is 0 Å². The summed E-state index contributed by atoms with van der Waals surface area (Å²) in [5, 5.41) is 19.8. The van der Waals surface area contributed by atoms with Crippen LogP contribution < -0.4 is 0 Å². The minimum absolute atomic E-state index is 0.0521. The van der Waals surface area contributed by atoms with Crippen molar-refractivity contribution in [3.63, 3.8) is 0 Å². The van der Waals surface area contributed by atoms with Crippen LogP contribution in [-0.4, -0.2) is 4.92 Å². The molecule has 4 nitrogen and oxygen atoms in total. The Balaban J connectivity index is 2.21. The molecule has 0 amide bonds. The summed E-state index contributed by atoms with van der Waals surface area (Å²) in [5.74, 6) is 0. The van der Waals surface area contributed by atoms with Gasteiger partial charge in [-0.2, -0.15) is 5.26 Å². The summed E-state index contributed by atoms with van der Waals surface area (Å²) in [4.78, 5) is 10.7. The SMILES string of the molecule is CCCCCCCCCCCCc1c[c]c(C#N)cc1[N+](=O)[O-]. The Morgan fingerprint density at radius 1 is 1.09 bits per heavy atom. The summed E-state index contributed by atoms with van der Waals surface area (Å²) in [7, 11) is 0. The molecule has 0 aliphatic rings. The molecule has 0 atom stereocenters. The molecule has 0 aliphatic carbocycles. The number of nitriles is 1. The van der Waals surface area contributed by atoms with Crippen LogP contribution in [-0.2, 0) is 6.42 Å². The van der Waals surface area contributed by atoms with Gasteiger partial charge >= 0.3 is 0 Å². The van der Waals surface area contributed by atoms with Gasteiger partial charge in [0.1, 0.15) is 6.07 Å². The van der Waals surface area contributed by atoms with E-state index in [0.29, 0.717) is 12.0 Å². The fourth-order valence-electron chi connectivity index (χ4n) is 2.75. The zero-order valence-corrected chi connectivity index (χ0v) is 14.1. The zero-order valence-electron chi connectivity index (χ0n) is 14.1. The molecule has 0 unspecified atom stereocenters. The average molecular weight is 315 g/mol. The van der Waals surface area contributed by atoms with Crippen molar-refractivity contribution in [3.05, 3.63) is 39.4 Å². The Kier molecular flexibility index (Phi) is 9.70. The number of unbranched alkanes of at least 4 members (excludes halogenated alkanes) is 9. The van der Waals surface area contributed by atoms with Crippen LogP contribution in [0.3, 0.4) is 0 Å². The molecule has 0 N–H and O–H groups in total. The summed E-state index contributed by atoms with van der Waals surface area (Å²) < 4.78 is 0. The van der Waals surface area contributed by atoms with Crippen LogP contribution in [0.25, 0.3) is 0 Å². The third-order valence-electron chi connectivity index (χ3n) is 4.13. The Morgan fingerprint density at radius 3 is 2.17 bits per heavy atom. The Hall–Kier alpha value is -1.89. The first-order valence-corrected chi connectivity index (χ1v) is 8.78. The Morgan fingerprint density at radius 2 is 1.65 bits per heavy atom. The van der Waals surface area contributed by atoms with Gasteiger partial charge in [-0.15, -0.1) is 0 Å². The van der Waals surface area contributed by atoms with Gasteiger partial charge in [0.15, 0.2) is 0 Å². The largest absolute Gasteiger partial charge is 0.273 e. The highest BCUT2D eigenvalue weighted by Crippen LogP contribution is 2.22. The minimum Gasteiger partial charge on any atom is -0.258 e. The number of rotatable bonds is 12. The molecule has 1 rings (SSSR count). The van der Waals surface area contributed by atoms with Crippen molar-refractivity contribution < 1.29 is 4.92 Å². The van der Waals surface area contributed by atoms with E-state index < -0.39 is 4.92 Å². The smallest absolute Gasteiger partial charge is 0.258 e. The third kappa shape index (κ3) is 7.78. The van der Waals surface area contributed by atoms with Crippen molar-refractivity contribution in [2.75, 3.05) is 0 Å². The Bertz CT molecular complexity index is 521. The first kappa shape index (κ1) is 19.2. The summed E-state index contributed by atoms with van der Waals surface area (Å²) in [6, 6.07) is 7.63. The van der Waals surface area contributed by atoms with Gasteiger partial charge < -0.3 is 0 Å². The van der Waals surface area contributed by atoms with E-state index >= 15 is 0 Å². The van der Waals surface area contributed by atoms with Crippen molar-refractivity contribution in [2.24, 2.45) is 0 Å². The van der Waals surface area contributed by atoms with Crippen LogP contribution in [0.4, 0.5) is 5.69 Å². The molecule has 0 aliphatic heterocycles. The molecule has 0 aromatic heterocycles. The van der Waals surface area contributed by atoms with Crippen LogP contribution in [0.2, 0.25) is 0 Å². The molecule has 0 saturated heterocycles. The van der Waals surface area contributed by atoms with Crippen LogP contribution >= 0.6 is 0 Å². The molecular formula is C19H27N2O2. The molecule has 125 valence electrons. The lowest BCUT2D eigenvalue weighted by Gasteiger charge is -2.04. The van der Waals surface area contributed by atoms with Crippen molar-refractivity contribution in [1.82, 2.24) is 0 Å². The molecule has 1 aromatic rings. The van der Waals surface area contributed by atoms with Gasteiger partial charge in [-0.1, -0.05) is 64.7 Å². The van der Waals surface area contributed by atoms with Crippen molar-refractivity contribution in [1.29, 1.82) is 5.26 Å². The molecule has 0 bridgehead atoms. The first-order chi connectivity index (χ1) is 11.2. The van der Waals surface area contributed by atoms with Crippen LogP contribution in [0, 0.1) is 27.5 Å². The van der Waals surface area contributed by atoms with E-state index in [1.807, 2.05) is 6.07 Å². The van der Waals surface area contributed by atoms with Crippen LogP contribution in [0.15, 0.2) is 12.1 Å². The second-order valence-corrected chi connectivity index (χ2v) is 6.06. The van der Waals surface area contributed by atoms with E-state index in [4.69, 9.17) is 5.26 Å². The lowest BCUT2D eigenvalue weighted by atomic mass is 10.0. The average Bonchev–Trinajstić information content (AvgIpc) is 2.56. The molecule has 1 radical (unpaired) electrons. The molecule has 0 saturated carbocycles. The molecule has 4 heteroatoms. The summed E-state index contributed by atoms with van der Waals surface area (Å²) in [6.45, 7) is 2.23. The van der Waals surface area contributed by atoms with Crippen LogP contribution in [0.5, 0.6) is 0 Å². The van der Waals surface area contributed by atoms with Crippen molar-refractivity contribution in [3.8, 4) is 6.07 Å². The number of aryl methyl sites for hydroxylation is 1. The highest BCUT2D eigenvalue weighted by Gasteiger charge is 2.14. The molecule has 23 heavy (non-hydrogen) atoms. The second kappa shape index (κ2) is 11.6. The molecule has 0 heterocycles. The number of hydrogen-bond donors (Lipinski definition) is 0. The topological polar surface area (TPSA) is 66.9 Å². The predicted octanol–water partition coefficient (Wildman–Crippen LogP) is 5.73. The number of nitro benzene ring substituents is 1. The van der Waals surface area contributed by atoms with E-state index in [9.17, 15) is 10.1 Å². The van der Waals surface area contributed by atoms with Gasteiger partial charge in [-0.25, -0.2) is 0 Å². The molecular weight excluding hydrogens is 288 g/mol. The number of nitrogens with zero attached hydrogens (tertiary/aromatic N) is 2. The summed E-state index contributed by atoms with van der Waals surface area (Å²) >= 11 is 0. The second-order valence-electron chi connectivity index (χ2n) is 6.06. The van der Waals surface area contributed by atoms with Crippen molar-refractivity contribution in [2.45, 2.75) is 77.6 Å². The predicted molar refractivity (Wildman–Crippen MR) is 92.2 cm³/mol.